The molecule has 1 N–H and O–H groups in total. The molecule has 1 aliphatic heterocycles. The molecule has 194 valence electrons. The summed E-state index contributed by atoms with van der Waals surface area (Å²) in [6.45, 7) is 15.7. The van der Waals surface area contributed by atoms with Gasteiger partial charge < -0.3 is 19.1 Å². The number of methoxy groups -OCH3 is 1. The van der Waals surface area contributed by atoms with Crippen LogP contribution in [0.1, 0.15) is 77.8 Å². The van der Waals surface area contributed by atoms with Crippen molar-refractivity contribution in [2.75, 3.05) is 33.4 Å². The van der Waals surface area contributed by atoms with E-state index in [9.17, 15) is 5.11 Å². The largest absolute Gasteiger partial charge is 0.497 e. The van der Waals surface area contributed by atoms with Crippen molar-refractivity contribution in [1.82, 2.24) is 0 Å². The van der Waals surface area contributed by atoms with E-state index in [-0.39, 0.29) is 10.8 Å². The van der Waals surface area contributed by atoms with Crippen molar-refractivity contribution in [2.24, 2.45) is 5.41 Å². The smallest absolute Gasteiger partial charge is 0.137 e. The molecule has 0 bridgehead atoms. The fourth-order valence-electron chi connectivity index (χ4n) is 6.01. The molecule has 0 spiro atoms. The molecule has 1 fully saturated rings. The lowest BCUT2D eigenvalue weighted by molar-refractivity contribution is -0.942. The minimum absolute atomic E-state index is 0.112. The van der Waals surface area contributed by atoms with Gasteiger partial charge in [-0.25, -0.2) is 0 Å². The van der Waals surface area contributed by atoms with E-state index in [1.165, 1.54) is 36.8 Å². The molecule has 0 amide bonds. The fourth-order valence-corrected chi connectivity index (χ4v) is 6.01. The van der Waals surface area contributed by atoms with Gasteiger partial charge in [-0.05, 0) is 84.9 Å². The van der Waals surface area contributed by atoms with Crippen molar-refractivity contribution < 1.29 is 19.1 Å². The number of hydrogen-bond donors (Lipinski definition) is 1. The van der Waals surface area contributed by atoms with Gasteiger partial charge in [0.25, 0.3) is 0 Å². The Morgan fingerprint density at radius 2 is 1.40 bits per heavy atom. The molecule has 3 rings (SSSR count). The van der Waals surface area contributed by atoms with Crippen LogP contribution in [0.15, 0.2) is 48.5 Å². The molecule has 1 saturated heterocycles. The van der Waals surface area contributed by atoms with Crippen LogP contribution in [0.4, 0.5) is 0 Å². The highest BCUT2D eigenvalue weighted by atomic mass is 16.5. The second-order valence-corrected chi connectivity index (χ2v) is 12.5. The second-order valence-electron chi connectivity index (χ2n) is 12.5. The third kappa shape index (κ3) is 8.54. The molecule has 1 heterocycles. The zero-order valence-electron chi connectivity index (χ0n) is 23.0. The standard InChI is InChI=1S/C31H48NO3/c1-30(2,3)24-31(4,5)26-13-17-29(18-14-26)35-23-27(33)22-32(19-9-7-8-10-20-32)21-25-11-15-28(34-6)16-12-25/h11-18,27,33H,7-10,19-24H2,1-6H3/q+1. The van der Waals surface area contributed by atoms with Gasteiger partial charge >= 0.3 is 0 Å². The molecule has 2 aromatic carbocycles. The SMILES string of the molecule is COc1ccc(C[N+]2(CC(O)COc3ccc(C(C)(C)CC(C)(C)C)cc3)CCCCCC2)cc1. The molecule has 0 radical (unpaired) electrons. The van der Waals surface area contributed by atoms with Crippen LogP contribution in [-0.2, 0) is 12.0 Å². The van der Waals surface area contributed by atoms with E-state index in [1.807, 2.05) is 12.1 Å². The molecular weight excluding hydrogens is 434 g/mol. The number of aliphatic hydroxyl groups excluding tert-OH is 1. The number of nitrogens with zero attached hydrogens (tertiary/aromatic N) is 1. The zero-order valence-corrected chi connectivity index (χ0v) is 23.0. The van der Waals surface area contributed by atoms with Crippen LogP contribution in [0.25, 0.3) is 0 Å². The first-order chi connectivity index (χ1) is 16.5. The summed E-state index contributed by atoms with van der Waals surface area (Å²) in [4.78, 5) is 0. The third-order valence-corrected chi connectivity index (χ3v) is 7.34. The van der Waals surface area contributed by atoms with Crippen LogP contribution in [0, 0.1) is 5.41 Å². The predicted octanol–water partition coefficient (Wildman–Crippen LogP) is 6.74. The predicted molar refractivity (Wildman–Crippen MR) is 145 cm³/mol. The van der Waals surface area contributed by atoms with Gasteiger partial charge in [-0.1, -0.05) is 46.8 Å². The number of hydrogen-bond acceptors (Lipinski definition) is 3. The summed E-state index contributed by atoms with van der Waals surface area (Å²) in [7, 11) is 1.70. The first-order valence-electron chi connectivity index (χ1n) is 13.4. The summed E-state index contributed by atoms with van der Waals surface area (Å²) in [5.74, 6) is 1.72. The average molecular weight is 483 g/mol. The molecule has 35 heavy (non-hydrogen) atoms. The van der Waals surface area contributed by atoms with Gasteiger partial charge in [0, 0.05) is 5.56 Å². The minimum Gasteiger partial charge on any atom is -0.497 e. The molecule has 1 aliphatic rings. The van der Waals surface area contributed by atoms with Crippen molar-refractivity contribution >= 4 is 0 Å². The van der Waals surface area contributed by atoms with Crippen LogP contribution < -0.4 is 9.47 Å². The number of rotatable bonds is 10. The Morgan fingerprint density at radius 1 is 0.829 bits per heavy atom. The van der Waals surface area contributed by atoms with Crippen LogP contribution in [0.5, 0.6) is 11.5 Å². The molecular formula is C31H48NO3+. The van der Waals surface area contributed by atoms with Crippen LogP contribution >= 0.6 is 0 Å². The van der Waals surface area contributed by atoms with Gasteiger partial charge in [-0.3, -0.25) is 0 Å². The normalized spacial score (nSPS) is 17.5. The first kappa shape index (κ1) is 27.5. The third-order valence-electron chi connectivity index (χ3n) is 7.34. The molecule has 0 aromatic heterocycles. The van der Waals surface area contributed by atoms with Gasteiger partial charge in [-0.15, -0.1) is 0 Å². The highest BCUT2D eigenvalue weighted by molar-refractivity contribution is 5.32. The van der Waals surface area contributed by atoms with E-state index in [0.29, 0.717) is 6.61 Å². The number of likely N-dealkylation sites (tertiary alicyclic amines) is 1. The molecule has 0 saturated carbocycles. The van der Waals surface area contributed by atoms with Crippen LogP contribution in [0.3, 0.4) is 0 Å². The highest BCUT2D eigenvalue weighted by Gasteiger charge is 2.32. The number of ether oxygens (including phenoxy) is 2. The summed E-state index contributed by atoms with van der Waals surface area (Å²) in [5, 5.41) is 11.0. The van der Waals surface area contributed by atoms with Crippen molar-refractivity contribution in [2.45, 2.75) is 84.8 Å². The van der Waals surface area contributed by atoms with Crippen molar-refractivity contribution in [1.29, 1.82) is 0 Å². The number of benzene rings is 2. The molecule has 4 nitrogen and oxygen atoms in total. The van der Waals surface area contributed by atoms with E-state index in [1.54, 1.807) is 7.11 Å². The lowest BCUT2D eigenvalue weighted by atomic mass is 9.72. The van der Waals surface area contributed by atoms with Crippen LogP contribution in [0.2, 0.25) is 0 Å². The lowest BCUT2D eigenvalue weighted by Gasteiger charge is -2.39. The Bertz CT molecular complexity index is 888. The Kier molecular flexibility index (Phi) is 9.28. The Labute approximate surface area is 213 Å². The fraction of sp³-hybridized carbons (Fsp3) is 0.613. The number of quaternary nitrogens is 1. The summed E-state index contributed by atoms with van der Waals surface area (Å²) < 4.78 is 12.3. The summed E-state index contributed by atoms with van der Waals surface area (Å²) in [6.07, 6.45) is 5.63. The lowest BCUT2D eigenvalue weighted by Crippen LogP contribution is -2.53. The first-order valence-corrected chi connectivity index (χ1v) is 13.4. The maximum absolute atomic E-state index is 11.0. The zero-order chi connectivity index (χ0) is 25.5. The molecule has 1 unspecified atom stereocenters. The van der Waals surface area contributed by atoms with Gasteiger partial charge in [0.1, 0.15) is 37.3 Å². The summed E-state index contributed by atoms with van der Waals surface area (Å²) in [5.41, 5.74) is 3.02. The van der Waals surface area contributed by atoms with E-state index >= 15 is 0 Å². The van der Waals surface area contributed by atoms with E-state index in [0.717, 1.165) is 48.6 Å². The highest BCUT2D eigenvalue weighted by Crippen LogP contribution is 2.36. The molecule has 1 atom stereocenters. The Balaban J connectivity index is 1.61. The van der Waals surface area contributed by atoms with E-state index < -0.39 is 6.10 Å². The molecule has 4 heteroatoms. The molecule has 2 aromatic rings. The van der Waals surface area contributed by atoms with Gasteiger partial charge in [0.15, 0.2) is 0 Å². The quantitative estimate of drug-likeness (QED) is 0.381. The molecule has 0 aliphatic carbocycles. The van der Waals surface area contributed by atoms with Crippen molar-refractivity contribution in [3.63, 3.8) is 0 Å². The summed E-state index contributed by atoms with van der Waals surface area (Å²) in [6, 6.07) is 16.9. The minimum atomic E-state index is -0.497. The van der Waals surface area contributed by atoms with Gasteiger partial charge in [0.05, 0.1) is 20.2 Å². The Hall–Kier alpha value is -2.04. The summed E-state index contributed by atoms with van der Waals surface area (Å²) >= 11 is 0. The van der Waals surface area contributed by atoms with Crippen molar-refractivity contribution in [3.8, 4) is 11.5 Å². The maximum atomic E-state index is 11.0. The average Bonchev–Trinajstić information content (AvgIpc) is 3.02. The van der Waals surface area contributed by atoms with Gasteiger partial charge in [-0.2, -0.15) is 0 Å². The second kappa shape index (κ2) is 11.8. The van der Waals surface area contributed by atoms with Crippen LogP contribution in [-0.4, -0.2) is 49.0 Å². The number of aliphatic hydroxyl groups is 1. The van der Waals surface area contributed by atoms with Gasteiger partial charge in [0.2, 0.25) is 0 Å². The van der Waals surface area contributed by atoms with Crippen molar-refractivity contribution in [3.05, 3.63) is 59.7 Å². The van der Waals surface area contributed by atoms with E-state index in [2.05, 4.69) is 71.0 Å². The Morgan fingerprint density at radius 3 is 1.94 bits per heavy atom. The monoisotopic (exact) mass is 482 g/mol. The topological polar surface area (TPSA) is 38.7 Å². The maximum Gasteiger partial charge on any atom is 0.137 e. The van der Waals surface area contributed by atoms with E-state index in [4.69, 9.17) is 9.47 Å².